The Morgan fingerprint density at radius 2 is 2.00 bits per heavy atom. The van der Waals surface area contributed by atoms with E-state index < -0.39 is 0 Å². The number of likely N-dealkylation sites (N-methyl/N-ethyl adjacent to an activating group) is 1. The molecule has 1 aliphatic carbocycles. The van der Waals surface area contributed by atoms with E-state index in [2.05, 4.69) is 29.5 Å². The van der Waals surface area contributed by atoms with Gasteiger partial charge in [-0.1, -0.05) is 12.8 Å². The minimum atomic E-state index is 0.613. The Kier molecular flexibility index (Phi) is 8.54. The Morgan fingerprint density at radius 3 is 2.65 bits per heavy atom. The summed E-state index contributed by atoms with van der Waals surface area (Å²) in [5.74, 6) is 2.26. The quantitative estimate of drug-likeness (QED) is 0.521. The van der Waals surface area contributed by atoms with Gasteiger partial charge >= 0.3 is 0 Å². The van der Waals surface area contributed by atoms with E-state index in [0.29, 0.717) is 12.4 Å². The number of guanidine groups is 1. The highest BCUT2D eigenvalue weighted by molar-refractivity contribution is 5.93. The van der Waals surface area contributed by atoms with Crippen molar-refractivity contribution in [2.75, 3.05) is 45.7 Å². The number of hydrogen-bond donors (Lipinski definition) is 2. The molecule has 0 heterocycles. The molecule has 0 atom stereocenters. The molecule has 1 aromatic rings. The van der Waals surface area contributed by atoms with E-state index in [1.54, 1.807) is 7.11 Å². The second-order valence-electron chi connectivity index (χ2n) is 6.60. The normalized spacial score (nSPS) is 15.3. The van der Waals surface area contributed by atoms with E-state index in [1.807, 2.05) is 25.1 Å². The van der Waals surface area contributed by atoms with Crippen LogP contribution in [0.3, 0.4) is 0 Å². The van der Waals surface area contributed by atoms with Crippen LogP contribution in [-0.2, 0) is 0 Å². The Hall–Kier alpha value is -1.95. The molecule has 0 radical (unpaired) electrons. The largest absolute Gasteiger partial charge is 0.493 e. The summed E-state index contributed by atoms with van der Waals surface area (Å²) in [6.07, 6.45) is 5.37. The first kappa shape index (κ1) is 20.4. The molecule has 1 aliphatic rings. The maximum Gasteiger partial charge on any atom is 0.195 e. The van der Waals surface area contributed by atoms with E-state index >= 15 is 0 Å². The highest BCUT2D eigenvalue weighted by atomic mass is 16.5. The SMILES string of the molecule is CCNC(=NCCN(C)C1CCCC1)Nc1ccc(OCC)c(OC)c1. The van der Waals surface area contributed by atoms with Gasteiger partial charge < -0.3 is 25.0 Å². The summed E-state index contributed by atoms with van der Waals surface area (Å²) in [5.41, 5.74) is 0.925. The molecule has 26 heavy (non-hydrogen) atoms. The molecule has 146 valence electrons. The molecule has 0 unspecified atom stereocenters. The number of hydrogen-bond acceptors (Lipinski definition) is 4. The average Bonchev–Trinajstić information content (AvgIpc) is 3.18. The first-order valence-corrected chi connectivity index (χ1v) is 9.74. The van der Waals surface area contributed by atoms with Crippen molar-refractivity contribution in [2.24, 2.45) is 4.99 Å². The summed E-state index contributed by atoms with van der Waals surface area (Å²) in [6, 6.07) is 6.56. The first-order chi connectivity index (χ1) is 12.7. The summed E-state index contributed by atoms with van der Waals surface area (Å²) in [5, 5.41) is 6.65. The van der Waals surface area contributed by atoms with Gasteiger partial charge in [0.2, 0.25) is 0 Å². The number of anilines is 1. The third kappa shape index (κ3) is 6.09. The predicted octanol–water partition coefficient (Wildman–Crippen LogP) is 3.35. The standard InChI is InChI=1S/C20H34N4O2/c1-5-21-20(22-13-14-24(3)17-9-7-8-10-17)23-16-11-12-18(26-6-2)19(15-16)25-4/h11-12,15,17H,5-10,13-14H2,1-4H3,(H2,21,22,23). The van der Waals surface area contributed by atoms with Gasteiger partial charge in [-0.15, -0.1) is 0 Å². The van der Waals surface area contributed by atoms with Gasteiger partial charge in [0.1, 0.15) is 0 Å². The predicted molar refractivity (Wildman–Crippen MR) is 109 cm³/mol. The molecule has 0 spiro atoms. The zero-order chi connectivity index (χ0) is 18.8. The Morgan fingerprint density at radius 1 is 1.23 bits per heavy atom. The van der Waals surface area contributed by atoms with Crippen molar-refractivity contribution in [1.29, 1.82) is 0 Å². The number of benzene rings is 1. The zero-order valence-electron chi connectivity index (χ0n) is 16.7. The number of aliphatic imine (C=N–C) groups is 1. The van der Waals surface area contributed by atoms with Crippen LogP contribution in [-0.4, -0.2) is 57.3 Å². The molecule has 0 aromatic heterocycles. The van der Waals surface area contributed by atoms with Crippen molar-refractivity contribution < 1.29 is 9.47 Å². The maximum atomic E-state index is 5.57. The molecule has 1 fully saturated rings. The maximum absolute atomic E-state index is 5.57. The molecule has 2 rings (SSSR count). The molecule has 0 amide bonds. The van der Waals surface area contributed by atoms with E-state index in [-0.39, 0.29) is 0 Å². The van der Waals surface area contributed by atoms with Crippen LogP contribution in [0, 0.1) is 0 Å². The summed E-state index contributed by atoms with van der Waals surface area (Å²) in [4.78, 5) is 7.16. The van der Waals surface area contributed by atoms with Crippen LogP contribution in [0.4, 0.5) is 5.69 Å². The minimum Gasteiger partial charge on any atom is -0.493 e. The van der Waals surface area contributed by atoms with Gasteiger partial charge in [-0.25, -0.2) is 0 Å². The van der Waals surface area contributed by atoms with Gasteiger partial charge in [0.15, 0.2) is 17.5 Å². The number of nitrogens with one attached hydrogen (secondary N) is 2. The van der Waals surface area contributed by atoms with E-state index in [4.69, 9.17) is 14.5 Å². The van der Waals surface area contributed by atoms with Crippen LogP contribution in [0.2, 0.25) is 0 Å². The molecule has 0 aliphatic heterocycles. The van der Waals surface area contributed by atoms with Crippen molar-refractivity contribution >= 4 is 11.6 Å². The minimum absolute atomic E-state index is 0.613. The molecule has 1 saturated carbocycles. The number of ether oxygens (including phenoxy) is 2. The van der Waals surface area contributed by atoms with Gasteiger partial charge in [0.25, 0.3) is 0 Å². The van der Waals surface area contributed by atoms with Crippen molar-refractivity contribution in [3.05, 3.63) is 18.2 Å². The monoisotopic (exact) mass is 362 g/mol. The molecule has 6 heteroatoms. The highest BCUT2D eigenvalue weighted by Crippen LogP contribution is 2.30. The second-order valence-corrected chi connectivity index (χ2v) is 6.60. The summed E-state index contributed by atoms with van der Waals surface area (Å²) in [7, 11) is 3.86. The van der Waals surface area contributed by atoms with Crippen LogP contribution in [0.25, 0.3) is 0 Å². The van der Waals surface area contributed by atoms with Crippen LogP contribution in [0.1, 0.15) is 39.5 Å². The lowest BCUT2D eigenvalue weighted by molar-refractivity contribution is 0.252. The van der Waals surface area contributed by atoms with Gasteiger partial charge in [-0.3, -0.25) is 4.99 Å². The number of nitrogens with zero attached hydrogens (tertiary/aromatic N) is 2. The average molecular weight is 363 g/mol. The van der Waals surface area contributed by atoms with Gasteiger partial charge in [-0.2, -0.15) is 0 Å². The Labute approximate surface area is 158 Å². The van der Waals surface area contributed by atoms with Crippen molar-refractivity contribution in [1.82, 2.24) is 10.2 Å². The zero-order valence-corrected chi connectivity index (χ0v) is 16.7. The van der Waals surface area contributed by atoms with E-state index in [0.717, 1.165) is 43.1 Å². The lowest BCUT2D eigenvalue weighted by Crippen LogP contribution is -2.34. The topological polar surface area (TPSA) is 58.1 Å². The lowest BCUT2D eigenvalue weighted by atomic mass is 10.2. The van der Waals surface area contributed by atoms with Crippen molar-refractivity contribution in [3.8, 4) is 11.5 Å². The molecular formula is C20H34N4O2. The van der Waals surface area contributed by atoms with Crippen molar-refractivity contribution in [3.63, 3.8) is 0 Å². The van der Waals surface area contributed by atoms with Gasteiger partial charge in [-0.05, 0) is 45.9 Å². The smallest absolute Gasteiger partial charge is 0.195 e. The molecule has 2 N–H and O–H groups in total. The number of methoxy groups -OCH3 is 1. The van der Waals surface area contributed by atoms with E-state index in [1.165, 1.54) is 25.7 Å². The summed E-state index contributed by atoms with van der Waals surface area (Å²) >= 11 is 0. The molecule has 0 saturated heterocycles. The van der Waals surface area contributed by atoms with Crippen LogP contribution < -0.4 is 20.1 Å². The molecule has 1 aromatic carbocycles. The molecular weight excluding hydrogens is 328 g/mol. The summed E-state index contributed by atoms with van der Waals surface area (Å²) in [6.45, 7) is 7.22. The van der Waals surface area contributed by atoms with E-state index in [9.17, 15) is 0 Å². The molecule has 0 bridgehead atoms. The third-order valence-electron chi connectivity index (χ3n) is 4.74. The first-order valence-electron chi connectivity index (χ1n) is 9.74. The number of rotatable bonds is 9. The highest BCUT2D eigenvalue weighted by Gasteiger charge is 2.18. The van der Waals surface area contributed by atoms with Crippen LogP contribution >= 0.6 is 0 Å². The van der Waals surface area contributed by atoms with Crippen LogP contribution in [0.5, 0.6) is 11.5 Å². The van der Waals surface area contributed by atoms with Gasteiger partial charge in [0.05, 0.1) is 20.3 Å². The second kappa shape index (κ2) is 10.9. The fourth-order valence-electron chi connectivity index (χ4n) is 3.31. The Balaban J connectivity index is 1.95. The van der Waals surface area contributed by atoms with Crippen LogP contribution in [0.15, 0.2) is 23.2 Å². The third-order valence-corrected chi connectivity index (χ3v) is 4.74. The van der Waals surface area contributed by atoms with Gasteiger partial charge in [0, 0.05) is 30.9 Å². The fraction of sp³-hybridized carbons (Fsp3) is 0.650. The van der Waals surface area contributed by atoms with Crippen molar-refractivity contribution in [2.45, 2.75) is 45.6 Å². The fourth-order valence-corrected chi connectivity index (χ4v) is 3.31. The molecule has 6 nitrogen and oxygen atoms in total. The Bertz CT molecular complexity index is 571. The summed E-state index contributed by atoms with van der Waals surface area (Å²) < 4.78 is 11.0. The lowest BCUT2D eigenvalue weighted by Gasteiger charge is -2.23.